The number of carbonyl (C=O) groups is 2. The molecule has 0 saturated carbocycles. The van der Waals surface area contributed by atoms with Gasteiger partial charge < -0.3 is 15.0 Å². The SMILES string of the molecule is CCOC(=O)c1ccccc1NC(=O)CCN1CCN(Cc2ccccc2)CC1. The molecule has 0 bridgehead atoms. The lowest BCUT2D eigenvalue weighted by Crippen LogP contribution is -2.46. The Morgan fingerprint density at radius 1 is 0.931 bits per heavy atom. The first-order valence-electron chi connectivity index (χ1n) is 10.2. The summed E-state index contributed by atoms with van der Waals surface area (Å²) in [7, 11) is 0. The number of nitrogens with zero attached hydrogens (tertiary/aromatic N) is 2. The van der Waals surface area contributed by atoms with E-state index in [1.165, 1.54) is 5.56 Å². The van der Waals surface area contributed by atoms with Crippen LogP contribution < -0.4 is 5.32 Å². The molecule has 6 nitrogen and oxygen atoms in total. The average Bonchev–Trinajstić information content (AvgIpc) is 2.74. The van der Waals surface area contributed by atoms with Crippen molar-refractivity contribution < 1.29 is 14.3 Å². The molecule has 0 unspecified atom stereocenters. The molecule has 29 heavy (non-hydrogen) atoms. The predicted molar refractivity (Wildman–Crippen MR) is 114 cm³/mol. The second-order valence-corrected chi connectivity index (χ2v) is 7.17. The number of esters is 1. The smallest absolute Gasteiger partial charge is 0.340 e. The van der Waals surface area contributed by atoms with Gasteiger partial charge in [-0.3, -0.25) is 9.69 Å². The number of ether oxygens (including phenoxy) is 1. The lowest BCUT2D eigenvalue weighted by atomic mass is 10.1. The zero-order valence-corrected chi connectivity index (χ0v) is 17.0. The van der Waals surface area contributed by atoms with Crippen LogP contribution in [-0.2, 0) is 16.1 Å². The van der Waals surface area contributed by atoms with Crippen LogP contribution >= 0.6 is 0 Å². The Hall–Kier alpha value is -2.70. The maximum atomic E-state index is 12.4. The van der Waals surface area contributed by atoms with Crippen molar-refractivity contribution in [3.63, 3.8) is 0 Å². The summed E-state index contributed by atoms with van der Waals surface area (Å²) in [6, 6.07) is 17.5. The monoisotopic (exact) mass is 395 g/mol. The van der Waals surface area contributed by atoms with E-state index in [-0.39, 0.29) is 5.91 Å². The molecular weight excluding hydrogens is 366 g/mol. The first-order chi connectivity index (χ1) is 14.2. The van der Waals surface area contributed by atoms with Crippen molar-refractivity contribution in [3.05, 3.63) is 65.7 Å². The number of nitrogens with one attached hydrogen (secondary N) is 1. The van der Waals surface area contributed by atoms with Gasteiger partial charge in [-0.25, -0.2) is 4.79 Å². The fourth-order valence-electron chi connectivity index (χ4n) is 3.46. The molecule has 0 spiro atoms. The molecule has 6 heteroatoms. The topological polar surface area (TPSA) is 61.9 Å². The molecule has 0 radical (unpaired) electrons. The zero-order valence-electron chi connectivity index (χ0n) is 17.0. The highest BCUT2D eigenvalue weighted by molar-refractivity contribution is 6.01. The summed E-state index contributed by atoms with van der Waals surface area (Å²) in [5, 5.41) is 2.85. The van der Waals surface area contributed by atoms with Crippen molar-refractivity contribution in [1.82, 2.24) is 9.80 Å². The number of anilines is 1. The van der Waals surface area contributed by atoms with Crippen LogP contribution in [0, 0.1) is 0 Å². The van der Waals surface area contributed by atoms with Gasteiger partial charge in [-0.1, -0.05) is 42.5 Å². The number of rotatable bonds is 8. The van der Waals surface area contributed by atoms with Crippen molar-refractivity contribution in [1.29, 1.82) is 0 Å². The van der Waals surface area contributed by atoms with Crippen LogP contribution in [0.1, 0.15) is 29.3 Å². The van der Waals surface area contributed by atoms with Crippen molar-refractivity contribution >= 4 is 17.6 Å². The van der Waals surface area contributed by atoms with Crippen LogP contribution in [0.3, 0.4) is 0 Å². The van der Waals surface area contributed by atoms with Crippen molar-refractivity contribution in [3.8, 4) is 0 Å². The van der Waals surface area contributed by atoms with E-state index in [0.717, 1.165) is 32.7 Å². The van der Waals surface area contributed by atoms with Gasteiger partial charge in [0.1, 0.15) is 0 Å². The van der Waals surface area contributed by atoms with Crippen molar-refractivity contribution in [2.75, 3.05) is 44.6 Å². The Kier molecular flexibility index (Phi) is 7.78. The van der Waals surface area contributed by atoms with E-state index in [9.17, 15) is 9.59 Å². The first kappa shape index (κ1) is 21.0. The molecule has 1 fully saturated rings. The number of piperazine rings is 1. The average molecular weight is 396 g/mol. The van der Waals surface area contributed by atoms with Crippen LogP contribution in [0.5, 0.6) is 0 Å². The number of para-hydroxylation sites is 1. The Labute approximate surface area is 172 Å². The van der Waals surface area contributed by atoms with Crippen LogP contribution in [0.4, 0.5) is 5.69 Å². The van der Waals surface area contributed by atoms with Gasteiger partial charge in [0, 0.05) is 45.7 Å². The van der Waals surface area contributed by atoms with Gasteiger partial charge in [-0.05, 0) is 24.6 Å². The minimum absolute atomic E-state index is 0.0894. The normalized spacial score (nSPS) is 15.1. The summed E-state index contributed by atoms with van der Waals surface area (Å²) in [6.07, 6.45) is 0.399. The minimum atomic E-state index is -0.419. The van der Waals surface area contributed by atoms with Gasteiger partial charge in [0.05, 0.1) is 17.9 Å². The summed E-state index contributed by atoms with van der Waals surface area (Å²) in [5.74, 6) is -0.508. The fourth-order valence-corrected chi connectivity index (χ4v) is 3.46. The lowest BCUT2D eigenvalue weighted by Gasteiger charge is -2.34. The summed E-state index contributed by atoms with van der Waals surface area (Å²) in [4.78, 5) is 29.2. The Bertz CT molecular complexity index is 802. The summed E-state index contributed by atoms with van der Waals surface area (Å²) >= 11 is 0. The molecule has 1 saturated heterocycles. The number of amides is 1. The van der Waals surface area contributed by atoms with Crippen LogP contribution in [0.15, 0.2) is 54.6 Å². The molecule has 2 aromatic carbocycles. The maximum Gasteiger partial charge on any atom is 0.340 e. The highest BCUT2D eigenvalue weighted by Gasteiger charge is 2.18. The minimum Gasteiger partial charge on any atom is -0.462 e. The molecule has 1 heterocycles. The van der Waals surface area contributed by atoms with Gasteiger partial charge in [0.25, 0.3) is 0 Å². The van der Waals surface area contributed by atoms with Crippen LogP contribution in [-0.4, -0.2) is 61.0 Å². The third-order valence-electron chi connectivity index (χ3n) is 5.07. The van der Waals surface area contributed by atoms with Gasteiger partial charge in [-0.2, -0.15) is 0 Å². The van der Waals surface area contributed by atoms with Crippen molar-refractivity contribution in [2.24, 2.45) is 0 Å². The van der Waals surface area contributed by atoms with E-state index < -0.39 is 5.97 Å². The number of hydrogen-bond donors (Lipinski definition) is 1. The quantitative estimate of drug-likeness (QED) is 0.696. The second kappa shape index (κ2) is 10.7. The predicted octanol–water partition coefficient (Wildman–Crippen LogP) is 3.01. The Balaban J connectivity index is 1.42. The molecular formula is C23H29N3O3. The largest absolute Gasteiger partial charge is 0.462 e. The van der Waals surface area contributed by atoms with E-state index in [0.29, 0.717) is 30.8 Å². The third kappa shape index (κ3) is 6.41. The molecule has 3 rings (SSSR count). The summed E-state index contributed by atoms with van der Waals surface area (Å²) in [6.45, 7) is 7.67. The lowest BCUT2D eigenvalue weighted by molar-refractivity contribution is -0.116. The van der Waals surface area contributed by atoms with E-state index in [2.05, 4.69) is 39.4 Å². The molecule has 0 aliphatic carbocycles. The maximum absolute atomic E-state index is 12.4. The highest BCUT2D eigenvalue weighted by atomic mass is 16.5. The van der Waals surface area contributed by atoms with Gasteiger partial charge in [0.2, 0.25) is 5.91 Å². The first-order valence-corrected chi connectivity index (χ1v) is 10.2. The van der Waals surface area contributed by atoms with E-state index in [4.69, 9.17) is 4.74 Å². The summed E-state index contributed by atoms with van der Waals surface area (Å²) in [5.41, 5.74) is 2.22. The molecule has 1 aliphatic heterocycles. The molecule has 1 N–H and O–H groups in total. The molecule has 2 aromatic rings. The van der Waals surface area contributed by atoms with E-state index >= 15 is 0 Å². The highest BCUT2D eigenvalue weighted by Crippen LogP contribution is 2.17. The second-order valence-electron chi connectivity index (χ2n) is 7.17. The molecule has 0 aromatic heterocycles. The number of carbonyl (C=O) groups excluding carboxylic acids is 2. The van der Waals surface area contributed by atoms with Crippen molar-refractivity contribution in [2.45, 2.75) is 19.9 Å². The van der Waals surface area contributed by atoms with Crippen LogP contribution in [0.25, 0.3) is 0 Å². The Morgan fingerprint density at radius 3 is 2.31 bits per heavy atom. The third-order valence-corrected chi connectivity index (χ3v) is 5.07. The molecule has 1 aliphatic rings. The fraction of sp³-hybridized carbons (Fsp3) is 0.391. The standard InChI is InChI=1S/C23H29N3O3/c1-2-29-23(28)20-10-6-7-11-21(20)24-22(27)12-13-25-14-16-26(17-15-25)18-19-8-4-3-5-9-19/h3-11H,2,12-18H2,1H3,(H,24,27). The molecule has 1 amide bonds. The molecule has 154 valence electrons. The number of hydrogen-bond acceptors (Lipinski definition) is 5. The number of benzene rings is 2. The van der Waals surface area contributed by atoms with Crippen LogP contribution in [0.2, 0.25) is 0 Å². The Morgan fingerprint density at radius 2 is 1.59 bits per heavy atom. The zero-order chi connectivity index (χ0) is 20.5. The van der Waals surface area contributed by atoms with Gasteiger partial charge >= 0.3 is 5.97 Å². The summed E-state index contributed by atoms with van der Waals surface area (Å²) < 4.78 is 5.05. The van der Waals surface area contributed by atoms with E-state index in [1.54, 1.807) is 31.2 Å². The van der Waals surface area contributed by atoms with Gasteiger partial charge in [-0.15, -0.1) is 0 Å². The molecule has 0 atom stereocenters. The van der Waals surface area contributed by atoms with E-state index in [1.807, 2.05) is 6.07 Å². The van der Waals surface area contributed by atoms with Gasteiger partial charge in [0.15, 0.2) is 0 Å².